The first-order valence-electron chi connectivity index (χ1n) is 10.0. The molecule has 0 amide bonds. The number of hydrogen-bond acceptors (Lipinski definition) is 4. The van der Waals surface area contributed by atoms with E-state index in [-0.39, 0.29) is 23.5 Å². The summed E-state index contributed by atoms with van der Waals surface area (Å²) in [5.74, 6) is -0.410. The van der Waals surface area contributed by atoms with Crippen molar-refractivity contribution in [2.75, 3.05) is 6.61 Å². The third-order valence-corrected chi connectivity index (χ3v) is 5.60. The van der Waals surface area contributed by atoms with Crippen molar-refractivity contribution in [3.05, 3.63) is 81.6 Å². The highest BCUT2D eigenvalue weighted by Gasteiger charge is 2.17. The molecule has 148 valence electrons. The number of esters is 1. The number of H-pyrrole nitrogens is 1. The van der Waals surface area contributed by atoms with Gasteiger partial charge in [-0.3, -0.25) is 9.59 Å². The van der Waals surface area contributed by atoms with Crippen molar-refractivity contribution in [1.29, 1.82) is 0 Å². The molecule has 2 aromatic carbocycles. The molecule has 0 atom stereocenters. The van der Waals surface area contributed by atoms with Crippen LogP contribution in [-0.4, -0.2) is 23.3 Å². The Balaban J connectivity index is 1.40. The van der Waals surface area contributed by atoms with Crippen LogP contribution in [-0.2, 0) is 4.74 Å². The molecule has 0 radical (unpaired) electrons. The topological polar surface area (TPSA) is 76.2 Å². The highest BCUT2D eigenvalue weighted by atomic mass is 16.5. The van der Waals surface area contributed by atoms with Gasteiger partial charge in [0.1, 0.15) is 5.69 Å². The summed E-state index contributed by atoms with van der Waals surface area (Å²) in [4.78, 5) is 39.7. The molecule has 0 bridgehead atoms. The van der Waals surface area contributed by atoms with Gasteiger partial charge in [-0.2, -0.15) is 0 Å². The van der Waals surface area contributed by atoms with Crippen LogP contribution in [0.2, 0.25) is 0 Å². The number of nitrogens with one attached hydrogen (secondary N) is 1. The number of Topliss-reactive ketones (excluding diaryl/α,β-unsaturated/α-hetero) is 1. The molecule has 5 heteroatoms. The minimum Gasteiger partial charge on any atom is -0.453 e. The molecule has 1 saturated carbocycles. The van der Waals surface area contributed by atoms with E-state index in [9.17, 15) is 14.4 Å². The van der Waals surface area contributed by atoms with Crippen LogP contribution in [0.25, 0.3) is 10.9 Å². The van der Waals surface area contributed by atoms with Crippen LogP contribution < -0.4 is 5.43 Å². The van der Waals surface area contributed by atoms with Crippen molar-refractivity contribution < 1.29 is 14.3 Å². The summed E-state index contributed by atoms with van der Waals surface area (Å²) < 4.78 is 5.14. The van der Waals surface area contributed by atoms with Gasteiger partial charge in [0, 0.05) is 22.5 Å². The number of ether oxygens (including phenoxy) is 1. The Kier molecular flexibility index (Phi) is 5.56. The number of pyridine rings is 1. The Labute approximate surface area is 168 Å². The molecule has 29 heavy (non-hydrogen) atoms. The van der Waals surface area contributed by atoms with Gasteiger partial charge in [-0.25, -0.2) is 4.79 Å². The molecule has 1 aromatic heterocycles. The quantitative estimate of drug-likeness (QED) is 0.510. The van der Waals surface area contributed by atoms with E-state index in [1.54, 1.807) is 36.4 Å². The fourth-order valence-electron chi connectivity index (χ4n) is 3.98. The van der Waals surface area contributed by atoms with E-state index in [4.69, 9.17) is 4.74 Å². The second-order valence-corrected chi connectivity index (χ2v) is 7.55. The number of aromatic amines is 1. The molecule has 3 aromatic rings. The molecular formula is C24H23NO4. The maximum absolute atomic E-state index is 12.4. The zero-order valence-corrected chi connectivity index (χ0v) is 16.1. The van der Waals surface area contributed by atoms with Crippen LogP contribution in [0, 0.1) is 0 Å². The van der Waals surface area contributed by atoms with Crippen molar-refractivity contribution >= 4 is 22.7 Å². The Morgan fingerprint density at radius 3 is 2.45 bits per heavy atom. The molecule has 1 heterocycles. The molecule has 1 N–H and O–H groups in total. The summed E-state index contributed by atoms with van der Waals surface area (Å²) in [5, 5.41) is 0.498. The average Bonchev–Trinajstić information content (AvgIpc) is 2.78. The summed E-state index contributed by atoms with van der Waals surface area (Å²) in [6.45, 7) is -0.365. The SMILES string of the molecule is O=C(COC(=O)c1cc(=O)c2ccccc2[nH]1)c1ccc(C2CCCCC2)cc1. The standard InChI is InChI=1S/C24H23NO4/c26-22-14-21(25-20-9-5-4-8-19(20)22)24(28)29-15-23(27)18-12-10-17(11-13-18)16-6-2-1-3-7-16/h4-5,8-14,16H,1-3,6-7,15H2,(H,25,26). The summed E-state index contributed by atoms with van der Waals surface area (Å²) in [5.41, 5.74) is 2.11. The predicted octanol–water partition coefficient (Wildman–Crippen LogP) is 4.62. The Hall–Kier alpha value is -3.21. The minimum absolute atomic E-state index is 0.0362. The van der Waals surface area contributed by atoms with E-state index in [1.807, 2.05) is 12.1 Å². The molecule has 0 aliphatic heterocycles. The monoisotopic (exact) mass is 389 g/mol. The van der Waals surface area contributed by atoms with Crippen molar-refractivity contribution in [3.8, 4) is 0 Å². The Bertz CT molecular complexity index is 1090. The van der Waals surface area contributed by atoms with Gasteiger partial charge >= 0.3 is 5.97 Å². The fraction of sp³-hybridized carbons (Fsp3) is 0.292. The number of carbonyl (C=O) groups is 2. The highest BCUT2D eigenvalue weighted by Crippen LogP contribution is 2.32. The van der Waals surface area contributed by atoms with Crippen LogP contribution in [0.5, 0.6) is 0 Å². The highest BCUT2D eigenvalue weighted by molar-refractivity contribution is 5.99. The van der Waals surface area contributed by atoms with Gasteiger partial charge in [-0.05, 0) is 36.5 Å². The van der Waals surface area contributed by atoms with Gasteiger partial charge in [0.15, 0.2) is 17.8 Å². The predicted molar refractivity (Wildman–Crippen MR) is 111 cm³/mol. The molecule has 4 rings (SSSR count). The molecule has 1 aliphatic carbocycles. The molecule has 5 nitrogen and oxygen atoms in total. The van der Waals surface area contributed by atoms with Crippen molar-refractivity contribution in [3.63, 3.8) is 0 Å². The van der Waals surface area contributed by atoms with Crippen molar-refractivity contribution in [1.82, 2.24) is 4.98 Å². The lowest BCUT2D eigenvalue weighted by Gasteiger charge is -2.22. The minimum atomic E-state index is -0.722. The van der Waals surface area contributed by atoms with E-state index in [0.29, 0.717) is 22.4 Å². The van der Waals surface area contributed by atoms with E-state index in [0.717, 1.165) is 0 Å². The Morgan fingerprint density at radius 1 is 0.966 bits per heavy atom. The van der Waals surface area contributed by atoms with E-state index < -0.39 is 5.97 Å². The average molecular weight is 389 g/mol. The largest absolute Gasteiger partial charge is 0.453 e. The summed E-state index contributed by atoms with van der Waals surface area (Å²) in [6.07, 6.45) is 6.24. The maximum Gasteiger partial charge on any atom is 0.355 e. The van der Waals surface area contributed by atoms with Gasteiger partial charge in [0.05, 0.1) is 0 Å². The zero-order valence-electron chi connectivity index (χ0n) is 16.1. The second-order valence-electron chi connectivity index (χ2n) is 7.55. The number of aromatic nitrogens is 1. The number of para-hydroxylation sites is 1. The molecular weight excluding hydrogens is 366 g/mol. The number of carbonyl (C=O) groups excluding carboxylic acids is 2. The Morgan fingerprint density at radius 2 is 1.69 bits per heavy atom. The summed E-state index contributed by atoms with van der Waals surface area (Å²) >= 11 is 0. The smallest absolute Gasteiger partial charge is 0.355 e. The maximum atomic E-state index is 12.4. The number of benzene rings is 2. The lowest BCUT2D eigenvalue weighted by atomic mass is 9.84. The van der Waals surface area contributed by atoms with Crippen LogP contribution in [0.1, 0.15) is 64.4 Å². The van der Waals surface area contributed by atoms with E-state index >= 15 is 0 Å². The first-order chi connectivity index (χ1) is 14.1. The van der Waals surface area contributed by atoms with Crippen LogP contribution in [0.15, 0.2) is 59.4 Å². The van der Waals surface area contributed by atoms with Crippen LogP contribution in [0.4, 0.5) is 0 Å². The molecule has 0 unspecified atom stereocenters. The zero-order chi connectivity index (χ0) is 20.2. The number of ketones is 1. The fourth-order valence-corrected chi connectivity index (χ4v) is 3.98. The van der Waals surface area contributed by atoms with Gasteiger partial charge < -0.3 is 9.72 Å². The van der Waals surface area contributed by atoms with Gasteiger partial charge in [-0.15, -0.1) is 0 Å². The van der Waals surface area contributed by atoms with Gasteiger partial charge in [0.25, 0.3) is 0 Å². The van der Waals surface area contributed by atoms with E-state index in [2.05, 4.69) is 4.98 Å². The van der Waals surface area contributed by atoms with Crippen LogP contribution in [0.3, 0.4) is 0 Å². The van der Waals surface area contributed by atoms with E-state index in [1.165, 1.54) is 43.7 Å². The van der Waals surface area contributed by atoms with Crippen molar-refractivity contribution in [2.45, 2.75) is 38.0 Å². The lowest BCUT2D eigenvalue weighted by molar-refractivity contribution is 0.0469. The first kappa shape index (κ1) is 19.1. The summed E-state index contributed by atoms with van der Waals surface area (Å²) in [7, 11) is 0. The third kappa shape index (κ3) is 4.29. The first-order valence-corrected chi connectivity index (χ1v) is 10.0. The van der Waals surface area contributed by atoms with Crippen molar-refractivity contribution in [2.24, 2.45) is 0 Å². The molecule has 0 saturated heterocycles. The van der Waals surface area contributed by atoms with Crippen LogP contribution >= 0.6 is 0 Å². The molecule has 1 aliphatic rings. The molecule has 1 fully saturated rings. The number of fused-ring (bicyclic) bond motifs is 1. The third-order valence-electron chi connectivity index (χ3n) is 5.60. The molecule has 0 spiro atoms. The van der Waals surface area contributed by atoms with Gasteiger partial charge in [-0.1, -0.05) is 55.7 Å². The second kappa shape index (κ2) is 8.43. The lowest BCUT2D eigenvalue weighted by Crippen LogP contribution is -2.17. The normalized spacial score (nSPS) is 14.6. The summed E-state index contributed by atoms with van der Waals surface area (Å²) in [6, 6.07) is 15.7. The van der Waals surface area contributed by atoms with Gasteiger partial charge in [0.2, 0.25) is 0 Å². The number of rotatable bonds is 5. The number of hydrogen-bond donors (Lipinski definition) is 1.